The Morgan fingerprint density at radius 3 is 2.47 bits per heavy atom. The second kappa shape index (κ2) is 6.26. The molecule has 17 heavy (non-hydrogen) atoms. The summed E-state index contributed by atoms with van der Waals surface area (Å²) in [5, 5.41) is 18.0. The summed E-state index contributed by atoms with van der Waals surface area (Å²) in [6, 6.07) is 7.06. The van der Waals surface area contributed by atoms with E-state index in [1.54, 1.807) is 12.1 Å². The van der Waals surface area contributed by atoms with Gasteiger partial charge in [0.05, 0.1) is 0 Å². The van der Waals surface area contributed by atoms with Crippen molar-refractivity contribution in [2.24, 2.45) is 5.41 Å². The molecule has 0 saturated carbocycles. The number of rotatable bonds is 6. The van der Waals surface area contributed by atoms with Gasteiger partial charge in [-0.2, -0.15) is 0 Å². The van der Waals surface area contributed by atoms with Gasteiger partial charge in [-0.25, -0.2) is 0 Å². The zero-order chi connectivity index (χ0) is 12.7. The zero-order valence-electron chi connectivity index (χ0n) is 10.3. The Kier molecular flexibility index (Phi) is 4.98. The SMILES string of the molecule is C=C[C@@](C)(/C=C/c1ccc(O)cc1)CCCO. The van der Waals surface area contributed by atoms with Gasteiger partial charge in [-0.3, -0.25) is 0 Å². The van der Waals surface area contributed by atoms with Crippen LogP contribution in [-0.2, 0) is 0 Å². The number of aliphatic hydroxyl groups excluding tert-OH is 1. The summed E-state index contributed by atoms with van der Waals surface area (Å²) in [5.41, 5.74) is 0.945. The summed E-state index contributed by atoms with van der Waals surface area (Å²) in [7, 11) is 0. The number of hydrogen-bond donors (Lipinski definition) is 2. The Balaban J connectivity index is 2.73. The zero-order valence-corrected chi connectivity index (χ0v) is 10.3. The molecule has 0 aromatic heterocycles. The molecule has 1 aromatic carbocycles. The maximum Gasteiger partial charge on any atom is 0.115 e. The highest BCUT2D eigenvalue weighted by molar-refractivity contribution is 5.51. The number of benzene rings is 1. The van der Waals surface area contributed by atoms with E-state index in [-0.39, 0.29) is 17.8 Å². The van der Waals surface area contributed by atoms with Gasteiger partial charge in [-0.15, -0.1) is 6.58 Å². The molecule has 1 rings (SSSR count). The molecule has 2 N–H and O–H groups in total. The number of aromatic hydroxyl groups is 1. The summed E-state index contributed by atoms with van der Waals surface area (Å²) >= 11 is 0. The monoisotopic (exact) mass is 232 g/mol. The molecule has 0 heterocycles. The predicted molar refractivity (Wildman–Crippen MR) is 71.8 cm³/mol. The number of allylic oxidation sites excluding steroid dienone is 2. The molecule has 0 unspecified atom stereocenters. The van der Waals surface area contributed by atoms with Crippen LogP contribution in [-0.4, -0.2) is 16.8 Å². The summed E-state index contributed by atoms with van der Waals surface area (Å²) in [4.78, 5) is 0. The van der Waals surface area contributed by atoms with Gasteiger partial charge < -0.3 is 10.2 Å². The molecule has 2 nitrogen and oxygen atoms in total. The van der Waals surface area contributed by atoms with Crippen molar-refractivity contribution >= 4 is 6.08 Å². The van der Waals surface area contributed by atoms with Crippen LogP contribution >= 0.6 is 0 Å². The molecular formula is C15H20O2. The Morgan fingerprint density at radius 1 is 1.29 bits per heavy atom. The third-order valence-corrected chi connectivity index (χ3v) is 2.89. The molecular weight excluding hydrogens is 212 g/mol. The van der Waals surface area contributed by atoms with Crippen LogP contribution < -0.4 is 0 Å². The van der Waals surface area contributed by atoms with Gasteiger partial charge in [0.25, 0.3) is 0 Å². The largest absolute Gasteiger partial charge is 0.508 e. The Bertz CT molecular complexity index is 378. The molecule has 92 valence electrons. The smallest absolute Gasteiger partial charge is 0.115 e. The average Bonchev–Trinajstić information content (AvgIpc) is 2.36. The van der Waals surface area contributed by atoms with Gasteiger partial charge in [0.1, 0.15) is 5.75 Å². The third kappa shape index (κ3) is 4.45. The lowest BCUT2D eigenvalue weighted by molar-refractivity contribution is 0.269. The highest BCUT2D eigenvalue weighted by Gasteiger charge is 2.15. The maximum absolute atomic E-state index is 9.18. The summed E-state index contributed by atoms with van der Waals surface area (Å²) in [5.74, 6) is 0.272. The minimum absolute atomic E-state index is 0.0966. The normalized spacial score (nSPS) is 14.7. The predicted octanol–water partition coefficient (Wildman–Crippen LogP) is 3.37. The van der Waals surface area contributed by atoms with Crippen molar-refractivity contribution in [2.75, 3.05) is 6.61 Å². The van der Waals surface area contributed by atoms with Crippen LogP contribution in [0.3, 0.4) is 0 Å². The lowest BCUT2D eigenvalue weighted by atomic mass is 9.85. The molecule has 0 fully saturated rings. The van der Waals surface area contributed by atoms with Crippen LogP contribution in [0.25, 0.3) is 6.08 Å². The molecule has 0 aliphatic carbocycles. The van der Waals surface area contributed by atoms with Gasteiger partial charge in [0.15, 0.2) is 0 Å². The fraction of sp³-hybridized carbons (Fsp3) is 0.333. The van der Waals surface area contributed by atoms with E-state index in [0.29, 0.717) is 0 Å². The fourth-order valence-corrected chi connectivity index (χ4v) is 1.59. The highest BCUT2D eigenvalue weighted by atomic mass is 16.3. The quantitative estimate of drug-likeness (QED) is 0.738. The van der Waals surface area contributed by atoms with E-state index in [1.165, 1.54) is 0 Å². The van der Waals surface area contributed by atoms with Crippen molar-refractivity contribution in [2.45, 2.75) is 19.8 Å². The molecule has 0 radical (unpaired) electrons. The summed E-state index contributed by atoms with van der Waals surface area (Å²) < 4.78 is 0. The van der Waals surface area contributed by atoms with E-state index in [0.717, 1.165) is 18.4 Å². The first-order chi connectivity index (χ1) is 8.09. The van der Waals surface area contributed by atoms with Crippen LogP contribution in [0, 0.1) is 5.41 Å². The molecule has 2 heteroatoms. The molecule has 1 atom stereocenters. The van der Waals surface area contributed by atoms with E-state index in [1.807, 2.05) is 24.3 Å². The highest BCUT2D eigenvalue weighted by Crippen LogP contribution is 2.27. The Labute approximate surface area is 103 Å². The molecule has 0 aliphatic rings. The van der Waals surface area contributed by atoms with Crippen molar-refractivity contribution < 1.29 is 10.2 Å². The first kappa shape index (κ1) is 13.5. The van der Waals surface area contributed by atoms with Crippen molar-refractivity contribution in [1.82, 2.24) is 0 Å². The van der Waals surface area contributed by atoms with Gasteiger partial charge >= 0.3 is 0 Å². The Morgan fingerprint density at radius 2 is 1.94 bits per heavy atom. The minimum Gasteiger partial charge on any atom is -0.508 e. The van der Waals surface area contributed by atoms with Crippen molar-refractivity contribution in [3.05, 3.63) is 48.6 Å². The standard InChI is InChI=1S/C15H20O2/c1-3-15(2,10-4-12-16)11-9-13-5-7-14(17)8-6-13/h3,5-9,11,16-17H,1,4,10,12H2,2H3/b11-9+/t15-/m1/s1. The van der Waals surface area contributed by atoms with Gasteiger partial charge in [-0.1, -0.05) is 37.3 Å². The number of phenols is 1. The summed E-state index contributed by atoms with van der Waals surface area (Å²) in [6.45, 7) is 6.13. The minimum atomic E-state index is -0.0966. The maximum atomic E-state index is 9.18. The van der Waals surface area contributed by atoms with Crippen molar-refractivity contribution in [1.29, 1.82) is 0 Å². The second-order valence-corrected chi connectivity index (χ2v) is 4.46. The van der Waals surface area contributed by atoms with E-state index in [9.17, 15) is 5.11 Å². The lowest BCUT2D eigenvalue weighted by Gasteiger charge is -2.20. The van der Waals surface area contributed by atoms with Crippen LogP contribution in [0.4, 0.5) is 0 Å². The van der Waals surface area contributed by atoms with Gasteiger partial charge in [0.2, 0.25) is 0 Å². The molecule has 0 amide bonds. The van der Waals surface area contributed by atoms with Crippen LogP contribution in [0.5, 0.6) is 5.75 Å². The van der Waals surface area contributed by atoms with E-state index >= 15 is 0 Å². The number of hydrogen-bond acceptors (Lipinski definition) is 2. The summed E-state index contributed by atoms with van der Waals surface area (Å²) in [6.07, 6.45) is 7.64. The lowest BCUT2D eigenvalue weighted by Crippen LogP contribution is -2.09. The Hall–Kier alpha value is -1.54. The molecule has 0 saturated heterocycles. The second-order valence-electron chi connectivity index (χ2n) is 4.46. The third-order valence-electron chi connectivity index (χ3n) is 2.89. The van der Waals surface area contributed by atoms with Crippen LogP contribution in [0.2, 0.25) is 0 Å². The molecule has 0 spiro atoms. The van der Waals surface area contributed by atoms with E-state index < -0.39 is 0 Å². The van der Waals surface area contributed by atoms with Gasteiger partial charge in [-0.05, 0) is 30.5 Å². The topological polar surface area (TPSA) is 40.5 Å². The van der Waals surface area contributed by atoms with Crippen LogP contribution in [0.1, 0.15) is 25.3 Å². The molecule has 0 aliphatic heterocycles. The van der Waals surface area contributed by atoms with Crippen LogP contribution in [0.15, 0.2) is 43.0 Å². The molecule has 1 aromatic rings. The van der Waals surface area contributed by atoms with Crippen molar-refractivity contribution in [3.63, 3.8) is 0 Å². The fourth-order valence-electron chi connectivity index (χ4n) is 1.59. The van der Waals surface area contributed by atoms with E-state index in [2.05, 4.69) is 19.6 Å². The molecule has 0 bridgehead atoms. The number of phenolic OH excluding ortho intramolecular Hbond substituents is 1. The van der Waals surface area contributed by atoms with Crippen molar-refractivity contribution in [3.8, 4) is 5.75 Å². The number of aliphatic hydroxyl groups is 1. The first-order valence-corrected chi connectivity index (χ1v) is 5.82. The van der Waals surface area contributed by atoms with E-state index in [4.69, 9.17) is 5.11 Å². The van der Waals surface area contributed by atoms with Gasteiger partial charge in [0, 0.05) is 12.0 Å². The first-order valence-electron chi connectivity index (χ1n) is 5.82. The average molecular weight is 232 g/mol.